The lowest BCUT2D eigenvalue weighted by Gasteiger charge is -2.22. The van der Waals surface area contributed by atoms with Gasteiger partial charge in [-0.05, 0) is 203 Å². The van der Waals surface area contributed by atoms with Gasteiger partial charge in [0.25, 0.3) is 11.4 Å². The van der Waals surface area contributed by atoms with Gasteiger partial charge in [0.15, 0.2) is 34.8 Å². The van der Waals surface area contributed by atoms with Gasteiger partial charge in [-0.3, -0.25) is 9.59 Å². The van der Waals surface area contributed by atoms with E-state index in [1.54, 1.807) is 36.4 Å². The number of benzene rings is 8. The summed E-state index contributed by atoms with van der Waals surface area (Å²) in [5.41, 5.74) is 12.0. The number of carbonyl (C=O) groups excluding carboxylic acids is 2. The monoisotopic (exact) mass is 2130 g/mol. The van der Waals surface area contributed by atoms with Gasteiger partial charge in [-0.1, -0.05) is 341 Å². The van der Waals surface area contributed by atoms with Crippen molar-refractivity contribution >= 4 is 238 Å². The fraction of sp³-hybridized carbons (Fsp3) is 0.435. The second-order valence-electron chi connectivity index (χ2n) is 40.6. The maximum absolute atomic E-state index is 15.1. The van der Waals surface area contributed by atoms with Crippen molar-refractivity contribution in [2.24, 2.45) is 11.8 Å². The van der Waals surface area contributed by atoms with E-state index in [0.717, 1.165) is 239 Å². The average Bonchev–Trinajstić information content (AvgIpc) is 1.50. The highest BCUT2D eigenvalue weighted by atomic mass is 79.9. The Labute approximate surface area is 878 Å². The van der Waals surface area contributed by atoms with Crippen molar-refractivity contribution < 1.29 is 27.2 Å². The molecule has 0 amide bonds. The molecule has 7 aromatic heterocycles. The quantitative estimate of drug-likeness (QED) is 0.00711. The number of unbranched alkanes of at least 4 members (excludes halogenated alkanes) is 32. The number of nitrogens with zero attached hydrogens (tertiary/aromatic N) is 8. The highest BCUT2D eigenvalue weighted by Crippen LogP contribution is 2.57. The van der Waals surface area contributed by atoms with Crippen LogP contribution in [0.5, 0.6) is 0 Å². The molecule has 0 fully saturated rings. The van der Waals surface area contributed by atoms with Gasteiger partial charge in [0.05, 0.1) is 86.6 Å². The van der Waals surface area contributed by atoms with Gasteiger partial charge in [-0.2, -0.15) is 0 Å². The summed E-state index contributed by atoms with van der Waals surface area (Å²) in [6.45, 7) is 32.0. The molecule has 7 heterocycles. The zero-order chi connectivity index (χ0) is 101. The fourth-order valence-electron chi connectivity index (χ4n) is 22.9. The molecule has 15 aromatic rings. The van der Waals surface area contributed by atoms with Gasteiger partial charge in [0, 0.05) is 86.8 Å². The van der Waals surface area contributed by atoms with E-state index in [1.807, 2.05) is 57.5 Å². The third-order valence-corrected chi connectivity index (χ3v) is 36.6. The van der Waals surface area contributed by atoms with E-state index in [0.29, 0.717) is 44.5 Å². The van der Waals surface area contributed by atoms with Gasteiger partial charge < -0.3 is 9.13 Å². The van der Waals surface area contributed by atoms with Crippen LogP contribution < -0.4 is 0 Å². The molecule has 8 aromatic carbocycles. The number of Topliss-reactive ketones (excluding diaryl/α,β-unsaturated/α-hetero) is 2. The smallest absolute Gasteiger partial charge is 0.270 e. The first-order chi connectivity index (χ1) is 70.4. The Balaban J connectivity index is 0.976. The minimum Gasteiger partial charge on any atom is -0.337 e. The number of carbonyl (C=O) groups is 2. The number of thiophene rings is 4. The molecule has 0 radical (unpaired) electrons. The number of hydrogen-bond acceptors (Lipinski definition) is 10. The van der Waals surface area contributed by atoms with E-state index < -0.39 is 34.8 Å². The molecular formula is C124H132Br2F4N8O2S4. The molecule has 0 N–H and O–H groups in total. The Morgan fingerprint density at radius 1 is 0.375 bits per heavy atom. The van der Waals surface area contributed by atoms with Gasteiger partial charge in [0.2, 0.25) is 0 Å². The Kier molecular flexibility index (Phi) is 36.1. The number of fused-ring (bicyclic) bond motifs is 24. The standard InChI is InChI=1S/C124H132Br2F4N8O2S4/c1-9-15-21-27-31-33-35-39-45-53-87-103(57-47-55-89-105(101(73-131)133-7)93-63-79-67-97(127)99(129)69-81(79)65-95(93)117(89)139)141-123-115-121(143-119(87)123)107-111-112(136-110-86-62-60-84(126)72-92(86)91-71-83(125)59-61-85(91)109(110)135-111)108-114(113(107)137(115)75-77(49-41-25-19-13-5)51-43-37-29-23-17-11-3)138(76-78(50-42-26-20-14-6)52-44-38-30-24-18-12-4)116-122(108)144-120-88(54-46-40-36-34-32-28-22-16-10-2)104(142-124(116)120)58-48-56-90-106(102(74-132)134-8)94-64-80-68-98(128)100(130)70-82(80)66-96(94)118(90)140/h47-48,55-72,77-78H,9-46,49-54,75-76H2,1-6H3/b57-47+,58-48+,89-55-,90-56-,105-101-,106-102+. The van der Waals surface area contributed by atoms with Crippen LogP contribution in [0.15, 0.2) is 141 Å². The SMILES string of the molecule is [C-]#[N+]\C(C#N)=C1/C(=C/C=C/c2sc3c(sc4c5c6nc7c8ccc(Br)cc8c8cc(Br)ccc8c7nc6c6c7sc8c(CCCCCCCCCCC)c(/C=C/C=C9\C(=O)c%10cc%11cc(F)c(F)cc%11cc%10\C9=C(\C#N)[N+]#[C-])sc8c7n(CC(CCCCCC)CCCCCCCC)c6c5n(CC(CCCCCC)CCCCCCCC)c34)c2CCCCCCCCCCC)C(=O)c2cc3cc(F)c(F)cc3cc21. The number of aryl methyl sites for hydroxylation is 2. The summed E-state index contributed by atoms with van der Waals surface area (Å²) in [4.78, 5) is 52.6. The van der Waals surface area contributed by atoms with E-state index >= 15 is 27.2 Å². The van der Waals surface area contributed by atoms with Gasteiger partial charge in [-0.25, -0.2) is 47.7 Å². The highest BCUT2D eigenvalue weighted by molar-refractivity contribution is 9.10. The Hall–Kier alpha value is -10.3. The minimum absolute atomic E-state index is 0.173. The summed E-state index contributed by atoms with van der Waals surface area (Å²) in [5.74, 6) is -4.34. The summed E-state index contributed by atoms with van der Waals surface area (Å²) < 4.78 is 75.2. The number of aromatic nitrogens is 4. The Morgan fingerprint density at radius 3 is 1.00 bits per heavy atom. The summed E-state index contributed by atoms with van der Waals surface area (Å²) >= 11 is 15.4. The van der Waals surface area contributed by atoms with Crippen LogP contribution in [0, 0.1) is 70.9 Å². The van der Waals surface area contributed by atoms with Crippen molar-refractivity contribution in [3.05, 3.63) is 230 Å². The topological polar surface area (TPSA) is 126 Å². The minimum atomic E-state index is -1.04. The summed E-state index contributed by atoms with van der Waals surface area (Å²) in [5, 5.41) is 29.2. The number of nitriles is 2. The van der Waals surface area contributed by atoms with Crippen molar-refractivity contribution in [3.63, 3.8) is 0 Å². The van der Waals surface area contributed by atoms with E-state index in [2.05, 4.69) is 153 Å². The maximum atomic E-state index is 15.1. The van der Waals surface area contributed by atoms with Crippen LogP contribution in [0.3, 0.4) is 0 Å². The van der Waals surface area contributed by atoms with Crippen LogP contribution in [0.2, 0.25) is 0 Å². The first-order valence-corrected chi connectivity index (χ1v) is 58.8. The molecule has 746 valence electrons. The first kappa shape index (κ1) is 105. The molecule has 0 spiro atoms. The van der Waals surface area contributed by atoms with Crippen molar-refractivity contribution in [1.29, 1.82) is 10.5 Å². The zero-order valence-electron chi connectivity index (χ0n) is 84.5. The lowest BCUT2D eigenvalue weighted by atomic mass is 9.93. The largest absolute Gasteiger partial charge is 0.337 e. The molecule has 2 atom stereocenters. The van der Waals surface area contributed by atoms with Crippen LogP contribution in [0.1, 0.15) is 364 Å². The van der Waals surface area contributed by atoms with Crippen LogP contribution in [0.4, 0.5) is 17.6 Å². The molecule has 20 heteroatoms. The summed E-state index contributed by atoms with van der Waals surface area (Å²) in [6, 6.07) is 28.1. The maximum Gasteiger partial charge on any atom is 0.270 e. The van der Waals surface area contributed by atoms with Gasteiger partial charge in [0.1, 0.15) is 11.0 Å². The van der Waals surface area contributed by atoms with Crippen molar-refractivity contribution in [2.45, 2.75) is 337 Å². The predicted octanol–water partition coefficient (Wildman–Crippen LogP) is 41.0. The Bertz CT molecular complexity index is 7300. The van der Waals surface area contributed by atoms with Gasteiger partial charge in [-0.15, -0.1) is 45.3 Å². The number of allylic oxidation sites excluding steroid dienone is 10. The van der Waals surface area contributed by atoms with Crippen molar-refractivity contribution in [1.82, 2.24) is 19.1 Å². The van der Waals surface area contributed by atoms with Crippen LogP contribution >= 0.6 is 77.2 Å². The summed E-state index contributed by atoms with van der Waals surface area (Å²) in [7, 11) is 0. The number of halogens is 6. The molecule has 0 saturated heterocycles. The zero-order valence-corrected chi connectivity index (χ0v) is 91.0. The Morgan fingerprint density at radius 2 is 0.681 bits per heavy atom. The normalized spacial score (nSPS) is 14.8. The number of hydrogen-bond donors (Lipinski definition) is 0. The van der Waals surface area contributed by atoms with E-state index in [9.17, 15) is 10.5 Å². The molecule has 144 heavy (non-hydrogen) atoms. The molecule has 17 rings (SSSR count). The molecule has 10 nitrogen and oxygen atoms in total. The first-order valence-electron chi connectivity index (χ1n) is 53.9. The van der Waals surface area contributed by atoms with Crippen LogP contribution in [-0.4, -0.2) is 30.7 Å². The van der Waals surface area contributed by atoms with E-state index in [-0.39, 0.29) is 44.8 Å². The van der Waals surface area contributed by atoms with Crippen molar-refractivity contribution in [3.8, 4) is 12.1 Å². The third kappa shape index (κ3) is 22.3. The van der Waals surface area contributed by atoms with Crippen LogP contribution in [-0.2, 0) is 25.9 Å². The van der Waals surface area contributed by atoms with E-state index in [1.165, 1.54) is 215 Å². The molecule has 2 aliphatic carbocycles. The molecular weight excluding hydrogens is 2000 g/mol. The molecule has 0 saturated carbocycles. The predicted molar refractivity (Wildman–Crippen MR) is 611 cm³/mol. The van der Waals surface area contributed by atoms with E-state index in [4.69, 9.17) is 23.1 Å². The molecule has 2 unspecified atom stereocenters. The lowest BCUT2D eigenvalue weighted by Crippen LogP contribution is -2.14. The summed E-state index contributed by atoms with van der Waals surface area (Å²) in [6.07, 6.45) is 62.0. The van der Waals surface area contributed by atoms with Gasteiger partial charge >= 0.3 is 0 Å². The molecule has 0 bridgehead atoms. The third-order valence-electron chi connectivity index (χ3n) is 30.4. The fourth-order valence-corrected chi connectivity index (χ4v) is 29.5. The number of rotatable bonds is 52. The van der Waals surface area contributed by atoms with Crippen LogP contribution in [0.25, 0.3) is 159 Å². The molecule has 0 aliphatic heterocycles. The average molecular weight is 2130 g/mol. The highest BCUT2D eigenvalue weighted by Gasteiger charge is 2.38. The molecule has 2 aliphatic rings. The lowest BCUT2D eigenvalue weighted by molar-refractivity contribution is 0.103. The second-order valence-corrected chi connectivity index (χ2v) is 46.6. The van der Waals surface area contributed by atoms with Crippen molar-refractivity contribution in [2.75, 3.05) is 0 Å². The second kappa shape index (κ2) is 49.5. The number of ketones is 2.